The molecule has 181 valence electrons. The zero-order valence-electron chi connectivity index (χ0n) is 19.8. The van der Waals surface area contributed by atoms with Crippen LogP contribution in [0.3, 0.4) is 0 Å². The second kappa shape index (κ2) is 11.2. The van der Waals surface area contributed by atoms with Crippen LogP contribution in [0.4, 0.5) is 0 Å². The minimum atomic E-state index is -0.527. The van der Waals surface area contributed by atoms with E-state index in [0.717, 1.165) is 11.1 Å². The molecule has 1 aromatic heterocycles. The molecular weight excluding hydrogens is 488 g/mol. The van der Waals surface area contributed by atoms with Crippen molar-refractivity contribution in [1.82, 2.24) is 9.78 Å². The van der Waals surface area contributed by atoms with Crippen LogP contribution in [0.2, 0.25) is 0 Å². The molecule has 4 rings (SSSR count). The Morgan fingerprint density at radius 2 is 1.60 bits per heavy atom. The van der Waals surface area contributed by atoms with Gasteiger partial charge in [-0.3, -0.25) is 4.68 Å². The van der Waals surface area contributed by atoms with Crippen molar-refractivity contribution >= 4 is 12.1 Å². The third kappa shape index (κ3) is 6.47. The summed E-state index contributed by atoms with van der Waals surface area (Å²) < 4.78 is 1.65. The Bertz CT molecular complexity index is 1320. The summed E-state index contributed by atoms with van der Waals surface area (Å²) >= 11 is 0. The maximum atomic E-state index is 12.9. The van der Waals surface area contributed by atoms with E-state index in [1.807, 2.05) is 30.3 Å². The van der Waals surface area contributed by atoms with E-state index >= 15 is 0 Å². The van der Waals surface area contributed by atoms with Gasteiger partial charge in [0.25, 0.3) is 0 Å². The normalized spacial score (nSPS) is 12.0. The van der Waals surface area contributed by atoms with Crippen molar-refractivity contribution in [2.45, 2.75) is 32.7 Å². The van der Waals surface area contributed by atoms with Crippen molar-refractivity contribution in [2.24, 2.45) is 10.2 Å². The Morgan fingerprint density at radius 3 is 2.26 bits per heavy atom. The van der Waals surface area contributed by atoms with Crippen LogP contribution in [0.5, 0.6) is 5.75 Å². The average Bonchev–Trinajstić information content (AvgIpc) is 3.24. The average molecular weight is 514 g/mol. The molecule has 4 aromatic rings. The van der Waals surface area contributed by atoms with E-state index in [-0.39, 0.29) is 28.2 Å². The van der Waals surface area contributed by atoms with Crippen LogP contribution in [-0.4, -0.2) is 21.9 Å². The van der Waals surface area contributed by atoms with E-state index in [4.69, 9.17) is 0 Å². The predicted octanol–water partition coefficient (Wildman–Crippen LogP) is 4.11. The number of aromatic nitrogens is 2. The largest absolute Gasteiger partial charge is 2.00 e. The third-order valence-electron chi connectivity index (χ3n) is 5.49. The first-order valence-corrected chi connectivity index (χ1v) is 11.1. The molecule has 0 saturated heterocycles. The van der Waals surface area contributed by atoms with Gasteiger partial charge in [0.15, 0.2) is 0 Å². The Hall–Kier alpha value is -3.67. The van der Waals surface area contributed by atoms with Gasteiger partial charge in [-0.1, -0.05) is 105 Å². The van der Waals surface area contributed by atoms with Gasteiger partial charge in [0.1, 0.15) is 0 Å². The molecule has 0 saturated carbocycles. The fraction of sp³-hybridized carbons (Fsp3) is 0.179. The molecule has 35 heavy (non-hydrogen) atoms. The van der Waals surface area contributed by atoms with Crippen molar-refractivity contribution in [3.8, 4) is 17.0 Å². The second-order valence-corrected chi connectivity index (χ2v) is 9.07. The van der Waals surface area contributed by atoms with Crippen LogP contribution in [0, 0.1) is 0 Å². The van der Waals surface area contributed by atoms with Crippen LogP contribution < -0.4 is 10.2 Å². The van der Waals surface area contributed by atoms with E-state index < -0.39 is 5.90 Å². The predicted molar refractivity (Wildman–Crippen MR) is 132 cm³/mol. The third-order valence-corrected chi connectivity index (χ3v) is 5.49. The molecule has 0 amide bonds. The van der Waals surface area contributed by atoms with Gasteiger partial charge in [-0.2, -0.15) is 15.3 Å². The summed E-state index contributed by atoms with van der Waals surface area (Å²) in [7, 11) is 0. The molecule has 1 radical (unpaired) electrons. The van der Waals surface area contributed by atoms with Crippen LogP contribution in [0.15, 0.2) is 95.1 Å². The van der Waals surface area contributed by atoms with Crippen molar-refractivity contribution in [3.63, 3.8) is 0 Å². The van der Waals surface area contributed by atoms with Crippen LogP contribution in [-0.2, 0) is 29.0 Å². The minimum absolute atomic E-state index is 0. The van der Waals surface area contributed by atoms with Crippen LogP contribution in [0.25, 0.3) is 11.3 Å². The monoisotopic (exact) mass is 513 g/mol. The molecule has 0 spiro atoms. The fourth-order valence-electron chi connectivity index (χ4n) is 3.52. The van der Waals surface area contributed by atoms with Crippen LogP contribution in [0.1, 0.15) is 43.2 Å². The maximum Gasteiger partial charge on any atom is 2.00 e. The molecular formula is C28H26CuN4O2. The minimum Gasteiger partial charge on any atom is -0.872 e. The van der Waals surface area contributed by atoms with Gasteiger partial charge in [-0.15, -0.1) is 0 Å². The quantitative estimate of drug-likeness (QED) is 0.168. The molecule has 0 atom stereocenters. The summed E-state index contributed by atoms with van der Waals surface area (Å²) in [5, 5.41) is 37.1. The van der Waals surface area contributed by atoms with E-state index in [9.17, 15) is 10.2 Å². The molecule has 7 heteroatoms. The fourth-order valence-corrected chi connectivity index (χ4v) is 3.52. The summed E-state index contributed by atoms with van der Waals surface area (Å²) in [6.07, 6.45) is 1.30. The number of benzene rings is 3. The van der Waals surface area contributed by atoms with Gasteiger partial charge in [0, 0.05) is 11.5 Å². The number of para-hydroxylation sites is 1. The first-order valence-electron chi connectivity index (χ1n) is 11.1. The van der Waals surface area contributed by atoms with E-state index in [2.05, 4.69) is 60.3 Å². The molecule has 0 fully saturated rings. The first-order chi connectivity index (χ1) is 16.3. The van der Waals surface area contributed by atoms with Gasteiger partial charge in [0.05, 0.1) is 24.1 Å². The molecule has 0 unspecified atom stereocenters. The van der Waals surface area contributed by atoms with Gasteiger partial charge in [-0.05, 0) is 28.2 Å². The second-order valence-electron chi connectivity index (χ2n) is 9.07. The zero-order chi connectivity index (χ0) is 24.1. The molecule has 0 N–H and O–H groups in total. The zero-order valence-corrected chi connectivity index (χ0v) is 20.7. The van der Waals surface area contributed by atoms with Crippen LogP contribution >= 0.6 is 0 Å². The number of hydrogen-bond acceptors (Lipinski definition) is 5. The smallest absolute Gasteiger partial charge is 0.872 e. The Labute approximate surface area is 216 Å². The van der Waals surface area contributed by atoms with Crippen molar-refractivity contribution in [2.75, 3.05) is 0 Å². The Kier molecular flexibility index (Phi) is 8.28. The Morgan fingerprint density at radius 1 is 0.943 bits per heavy atom. The van der Waals surface area contributed by atoms with E-state index in [0.29, 0.717) is 23.5 Å². The SMILES string of the molecule is CC(C)(C)c1ccc(Cn2nc(-c3ccccc3)cc2/C([O-])=N/N=C/c2ccccc2[O-])cc1.[Cu+2]. The molecule has 0 aliphatic rings. The molecule has 0 aliphatic heterocycles. The number of rotatable bonds is 6. The van der Waals surface area contributed by atoms with Crippen molar-refractivity contribution < 1.29 is 27.3 Å². The summed E-state index contributed by atoms with van der Waals surface area (Å²) in [5.74, 6) is -0.704. The summed E-state index contributed by atoms with van der Waals surface area (Å²) in [5.41, 5.74) is 4.60. The summed E-state index contributed by atoms with van der Waals surface area (Å²) in [6.45, 7) is 6.93. The number of nitrogens with zero attached hydrogens (tertiary/aromatic N) is 4. The van der Waals surface area contributed by atoms with Gasteiger partial charge in [-0.25, -0.2) is 0 Å². The molecule has 3 aromatic carbocycles. The molecule has 0 aliphatic carbocycles. The van der Waals surface area contributed by atoms with Crippen molar-refractivity contribution in [1.29, 1.82) is 0 Å². The first kappa shape index (κ1) is 25.9. The van der Waals surface area contributed by atoms with E-state index in [1.165, 1.54) is 17.8 Å². The summed E-state index contributed by atoms with van der Waals surface area (Å²) in [4.78, 5) is 0. The Balaban J connectivity index is 0.00000342. The van der Waals surface area contributed by atoms with Gasteiger partial charge < -0.3 is 10.2 Å². The topological polar surface area (TPSA) is 88.7 Å². The molecule has 0 bridgehead atoms. The standard InChI is InChI=1S/C28H28N4O2.Cu/c1-28(2,3)23-15-13-20(14-16-23)19-32-25(17-24(31-32)21-9-5-4-6-10-21)27(34)30-29-18-22-11-7-8-12-26(22)33;/h4-18,33H,19H2,1-3H3,(H,30,34);/q;+2/p-2/b29-18+;. The van der Waals surface area contributed by atoms with Gasteiger partial charge >= 0.3 is 17.1 Å². The maximum absolute atomic E-state index is 12.9. The van der Waals surface area contributed by atoms with E-state index in [1.54, 1.807) is 28.9 Å². The molecule has 6 nitrogen and oxygen atoms in total. The number of hydrogen-bond donors (Lipinski definition) is 0. The summed E-state index contributed by atoms with van der Waals surface area (Å²) in [6, 6.07) is 26.2. The van der Waals surface area contributed by atoms with Gasteiger partial charge in [0.2, 0.25) is 0 Å². The molecule has 1 heterocycles. The van der Waals surface area contributed by atoms with Crippen molar-refractivity contribution in [3.05, 3.63) is 107 Å².